The van der Waals surface area contributed by atoms with Crippen molar-refractivity contribution >= 4 is 16.1 Å². The maximum absolute atomic E-state index is 12.3. The summed E-state index contributed by atoms with van der Waals surface area (Å²) in [6, 6.07) is 4.66. The number of aryl methyl sites for hydroxylation is 1. The van der Waals surface area contributed by atoms with E-state index in [1.807, 2.05) is 13.8 Å². The third kappa shape index (κ3) is 3.94. The number of hydrogen-bond donors (Lipinski definition) is 1. The van der Waals surface area contributed by atoms with Crippen molar-refractivity contribution in [3.63, 3.8) is 0 Å². The van der Waals surface area contributed by atoms with Gasteiger partial charge in [0.2, 0.25) is 10.0 Å². The topological polar surface area (TPSA) is 84.9 Å². The average molecular weight is 342 g/mol. The molecule has 1 amide bonds. The number of carbonyl (C=O) groups excluding carboxylic acids is 1. The van der Waals surface area contributed by atoms with E-state index >= 15 is 0 Å². The van der Waals surface area contributed by atoms with Crippen LogP contribution in [0, 0.1) is 6.92 Å². The van der Waals surface area contributed by atoms with Gasteiger partial charge in [0.1, 0.15) is 11.9 Å². The Labute approximate surface area is 136 Å². The van der Waals surface area contributed by atoms with Crippen LogP contribution in [0.2, 0.25) is 0 Å². The Balaban J connectivity index is 2.02. The first-order chi connectivity index (χ1) is 10.7. The minimum atomic E-state index is -3.67. The van der Waals surface area contributed by atoms with Crippen molar-refractivity contribution in [2.75, 3.05) is 20.2 Å². The molecule has 1 N–H and O–H groups in total. The van der Waals surface area contributed by atoms with Gasteiger partial charge in [0.15, 0.2) is 0 Å². The summed E-state index contributed by atoms with van der Waals surface area (Å²) in [7, 11) is -2.13. The maximum atomic E-state index is 12.3. The Morgan fingerprint density at radius 1 is 1.43 bits per heavy atom. The highest BCUT2D eigenvalue weighted by Gasteiger charge is 2.33. The number of rotatable bonds is 6. The molecule has 7 nitrogen and oxygen atoms in total. The summed E-state index contributed by atoms with van der Waals surface area (Å²) in [6.07, 6.45) is -0.900. The normalized spacial score (nSPS) is 18.4. The molecular formula is C15H22N2O5S. The molecule has 8 heteroatoms. The Kier molecular flexibility index (Phi) is 5.16. The van der Waals surface area contributed by atoms with Crippen LogP contribution >= 0.6 is 0 Å². The van der Waals surface area contributed by atoms with Crippen molar-refractivity contribution in [3.05, 3.63) is 23.8 Å². The zero-order chi connectivity index (χ0) is 17.2. The lowest BCUT2D eigenvalue weighted by Crippen LogP contribution is -2.36. The van der Waals surface area contributed by atoms with Crippen LogP contribution in [0.15, 0.2) is 23.1 Å². The smallest absolute Gasteiger partial charge is 0.410 e. The Morgan fingerprint density at radius 2 is 2.13 bits per heavy atom. The van der Waals surface area contributed by atoms with E-state index in [4.69, 9.17) is 9.47 Å². The van der Waals surface area contributed by atoms with Crippen LogP contribution in [0.25, 0.3) is 0 Å². The monoisotopic (exact) mass is 342 g/mol. The lowest BCUT2D eigenvalue weighted by molar-refractivity contribution is 0.130. The van der Waals surface area contributed by atoms with Crippen LogP contribution < -0.4 is 9.46 Å². The van der Waals surface area contributed by atoms with Gasteiger partial charge in [-0.1, -0.05) is 0 Å². The Bertz CT molecular complexity index is 687. The van der Waals surface area contributed by atoms with Gasteiger partial charge in [-0.15, -0.1) is 0 Å². The van der Waals surface area contributed by atoms with Crippen LogP contribution in [0.5, 0.6) is 5.75 Å². The standard InChI is InChI=1S/C15H22N2O5S/c1-10(2)17-9-12(22-15(17)18)8-16-23(19,20)13-5-6-14(21-4)11(3)7-13/h5-7,10,12,16H,8-9H2,1-4H3. The Hall–Kier alpha value is -1.80. The molecule has 1 heterocycles. The number of hydrogen-bond acceptors (Lipinski definition) is 5. The molecule has 2 rings (SSSR count). The quantitative estimate of drug-likeness (QED) is 0.847. The van der Waals surface area contributed by atoms with Gasteiger partial charge in [0.25, 0.3) is 0 Å². The highest BCUT2D eigenvalue weighted by atomic mass is 32.2. The van der Waals surface area contributed by atoms with Gasteiger partial charge >= 0.3 is 6.09 Å². The number of methoxy groups -OCH3 is 1. The van der Waals surface area contributed by atoms with Crippen LogP contribution in [0.1, 0.15) is 19.4 Å². The van der Waals surface area contributed by atoms with Crippen LogP contribution in [-0.2, 0) is 14.8 Å². The van der Waals surface area contributed by atoms with Crippen LogP contribution in [0.4, 0.5) is 4.79 Å². The molecule has 0 spiro atoms. The number of amides is 1. The molecule has 1 aliphatic rings. The molecule has 1 unspecified atom stereocenters. The van der Waals surface area contributed by atoms with Crippen LogP contribution in [0.3, 0.4) is 0 Å². The van der Waals surface area contributed by atoms with Gasteiger partial charge in [-0.25, -0.2) is 17.9 Å². The van der Waals surface area contributed by atoms with E-state index in [9.17, 15) is 13.2 Å². The van der Waals surface area contributed by atoms with Crippen molar-refractivity contribution in [1.29, 1.82) is 0 Å². The SMILES string of the molecule is COc1ccc(S(=O)(=O)NCC2CN(C(C)C)C(=O)O2)cc1C. The largest absolute Gasteiger partial charge is 0.496 e. The van der Waals surface area contributed by atoms with Gasteiger partial charge in [0, 0.05) is 12.6 Å². The van der Waals surface area contributed by atoms with Crippen molar-refractivity contribution in [1.82, 2.24) is 9.62 Å². The summed E-state index contributed by atoms with van der Waals surface area (Å²) in [5.41, 5.74) is 0.730. The van der Waals surface area contributed by atoms with Crippen LogP contribution in [-0.4, -0.2) is 51.8 Å². The van der Waals surface area contributed by atoms with E-state index in [1.54, 1.807) is 24.0 Å². The molecule has 128 valence electrons. The fourth-order valence-corrected chi connectivity index (χ4v) is 3.52. The average Bonchev–Trinajstić information content (AvgIpc) is 2.86. The van der Waals surface area contributed by atoms with Crippen molar-refractivity contribution in [3.8, 4) is 5.75 Å². The fraction of sp³-hybridized carbons (Fsp3) is 0.533. The number of sulfonamides is 1. The van der Waals surface area contributed by atoms with E-state index in [0.29, 0.717) is 12.3 Å². The maximum Gasteiger partial charge on any atom is 0.410 e. The molecule has 1 atom stereocenters. The zero-order valence-corrected chi connectivity index (χ0v) is 14.5. The van der Waals surface area contributed by atoms with Gasteiger partial charge in [-0.3, -0.25) is 0 Å². The number of ether oxygens (including phenoxy) is 2. The molecule has 1 fully saturated rings. The summed E-state index contributed by atoms with van der Waals surface area (Å²) in [4.78, 5) is 13.4. The van der Waals surface area contributed by atoms with E-state index in [2.05, 4.69) is 4.72 Å². The number of benzene rings is 1. The van der Waals surface area contributed by atoms with Crippen molar-refractivity contribution in [2.24, 2.45) is 0 Å². The zero-order valence-electron chi connectivity index (χ0n) is 13.7. The first kappa shape index (κ1) is 17.6. The molecule has 1 saturated heterocycles. The summed E-state index contributed by atoms with van der Waals surface area (Å²) >= 11 is 0. The molecule has 1 aromatic carbocycles. The molecule has 0 aliphatic carbocycles. The van der Waals surface area contributed by atoms with Gasteiger partial charge in [-0.2, -0.15) is 0 Å². The second kappa shape index (κ2) is 6.76. The van der Waals surface area contributed by atoms with Crippen molar-refractivity contribution < 1.29 is 22.7 Å². The van der Waals surface area contributed by atoms with E-state index < -0.39 is 22.2 Å². The molecule has 0 aromatic heterocycles. The fourth-order valence-electron chi connectivity index (χ4n) is 2.37. The number of nitrogens with zero attached hydrogens (tertiary/aromatic N) is 1. The summed E-state index contributed by atoms with van der Waals surface area (Å²) in [6.45, 7) is 5.96. The third-order valence-electron chi connectivity index (χ3n) is 3.70. The summed E-state index contributed by atoms with van der Waals surface area (Å²) in [5.74, 6) is 0.626. The van der Waals surface area contributed by atoms with Gasteiger partial charge < -0.3 is 14.4 Å². The summed E-state index contributed by atoms with van der Waals surface area (Å²) in [5, 5.41) is 0. The summed E-state index contributed by atoms with van der Waals surface area (Å²) < 4.78 is 37.4. The highest BCUT2D eigenvalue weighted by molar-refractivity contribution is 7.89. The lowest BCUT2D eigenvalue weighted by atomic mass is 10.2. The minimum Gasteiger partial charge on any atom is -0.496 e. The minimum absolute atomic E-state index is 0.0216. The molecular weight excluding hydrogens is 320 g/mol. The predicted octanol–water partition coefficient (Wildman–Crippen LogP) is 1.51. The predicted molar refractivity (Wildman–Crippen MR) is 85.0 cm³/mol. The molecule has 0 saturated carbocycles. The number of carbonyl (C=O) groups is 1. The van der Waals surface area contributed by atoms with E-state index in [-0.39, 0.29) is 17.5 Å². The highest BCUT2D eigenvalue weighted by Crippen LogP contribution is 2.21. The molecule has 23 heavy (non-hydrogen) atoms. The van der Waals surface area contributed by atoms with Gasteiger partial charge in [-0.05, 0) is 44.5 Å². The number of cyclic esters (lactones) is 1. The second-order valence-electron chi connectivity index (χ2n) is 5.74. The molecule has 0 bridgehead atoms. The van der Waals surface area contributed by atoms with Gasteiger partial charge in [0.05, 0.1) is 18.6 Å². The Morgan fingerprint density at radius 3 is 2.65 bits per heavy atom. The first-order valence-electron chi connectivity index (χ1n) is 7.36. The first-order valence-corrected chi connectivity index (χ1v) is 8.84. The third-order valence-corrected chi connectivity index (χ3v) is 5.12. The second-order valence-corrected chi connectivity index (χ2v) is 7.50. The van der Waals surface area contributed by atoms with E-state index in [1.165, 1.54) is 13.2 Å². The molecule has 0 radical (unpaired) electrons. The molecule has 1 aromatic rings. The van der Waals surface area contributed by atoms with Crippen molar-refractivity contribution in [2.45, 2.75) is 37.8 Å². The van der Waals surface area contributed by atoms with E-state index in [0.717, 1.165) is 5.56 Å². The number of nitrogens with one attached hydrogen (secondary N) is 1. The lowest BCUT2D eigenvalue weighted by Gasteiger charge is -2.17. The molecule has 1 aliphatic heterocycles.